The predicted molar refractivity (Wildman–Crippen MR) is 135 cm³/mol. The molecule has 0 aliphatic heterocycles. The number of H-pyrrole nitrogens is 1. The molecule has 1 atom stereocenters. The molecule has 1 unspecified atom stereocenters. The van der Waals surface area contributed by atoms with Crippen LogP contribution in [0, 0.1) is 0 Å². The molecule has 5 rings (SSSR count). The quantitative estimate of drug-likeness (QED) is 0.190. The zero-order chi connectivity index (χ0) is 23.5. The van der Waals surface area contributed by atoms with E-state index < -0.39 is 5.25 Å². The number of ketones is 1. The fraction of sp³-hybridized carbons (Fsp3) is 0.148. The van der Waals surface area contributed by atoms with Crippen LogP contribution in [0.1, 0.15) is 27.6 Å². The Hall–Kier alpha value is -3.68. The van der Waals surface area contributed by atoms with Crippen LogP contribution in [0.5, 0.6) is 0 Å². The number of aliphatic hydroxyl groups is 1. The highest BCUT2D eigenvalue weighted by Gasteiger charge is 2.27. The minimum atomic E-state index is -0.603. The fourth-order valence-electron chi connectivity index (χ4n) is 4.09. The molecular weight excluding hydrogens is 446 g/mol. The topological polar surface area (TPSA) is 88.0 Å². The van der Waals surface area contributed by atoms with Gasteiger partial charge in [-0.1, -0.05) is 72.4 Å². The number of benzene rings is 3. The van der Waals surface area contributed by atoms with Crippen LogP contribution in [0.3, 0.4) is 0 Å². The first kappa shape index (κ1) is 22.1. The molecule has 170 valence electrons. The third kappa shape index (κ3) is 4.16. The van der Waals surface area contributed by atoms with Gasteiger partial charge in [0.05, 0.1) is 10.9 Å². The van der Waals surface area contributed by atoms with Crippen LogP contribution in [-0.2, 0) is 6.54 Å². The Bertz CT molecular complexity index is 1530. The van der Waals surface area contributed by atoms with Gasteiger partial charge >= 0.3 is 0 Å². The summed E-state index contributed by atoms with van der Waals surface area (Å²) >= 11 is 1.27. The van der Waals surface area contributed by atoms with Crippen molar-refractivity contribution < 1.29 is 9.90 Å². The van der Waals surface area contributed by atoms with Gasteiger partial charge < -0.3 is 10.1 Å². The number of aliphatic hydroxyl groups excluding tert-OH is 1. The number of rotatable bonds is 8. The first-order valence-electron chi connectivity index (χ1n) is 11.1. The van der Waals surface area contributed by atoms with E-state index >= 15 is 0 Å². The number of aromatic nitrogens is 3. The standard InChI is InChI=1S/C27H23N3O3S/c31-16-8-15-30-26(33)20-12-5-7-14-23(20)29-27(30)34-25(18-9-2-1-3-10-18)24(32)21-17-28-22-13-6-4-11-19(21)22/h1-7,9-14,17,25,28,31H,8,15-16H2. The summed E-state index contributed by atoms with van der Waals surface area (Å²) in [6, 6.07) is 24.5. The van der Waals surface area contributed by atoms with Crippen LogP contribution >= 0.6 is 11.8 Å². The second-order valence-corrected chi connectivity index (χ2v) is 9.04. The molecule has 2 heterocycles. The Balaban J connectivity index is 1.64. The number of hydrogen-bond acceptors (Lipinski definition) is 5. The van der Waals surface area contributed by atoms with Crippen molar-refractivity contribution in [3.8, 4) is 0 Å². The van der Waals surface area contributed by atoms with Crippen LogP contribution in [0.2, 0.25) is 0 Å². The van der Waals surface area contributed by atoms with Gasteiger partial charge in [0, 0.05) is 35.8 Å². The zero-order valence-corrected chi connectivity index (χ0v) is 19.2. The number of aromatic amines is 1. The van der Waals surface area contributed by atoms with Gasteiger partial charge in [-0.25, -0.2) is 4.98 Å². The summed E-state index contributed by atoms with van der Waals surface area (Å²) in [5.41, 5.74) is 2.74. The SMILES string of the molecule is O=C(c1c[nH]c2ccccc12)C(Sc1nc2ccccc2c(=O)n1CCCO)c1ccccc1. The molecule has 5 aromatic rings. The summed E-state index contributed by atoms with van der Waals surface area (Å²) < 4.78 is 1.57. The molecule has 0 saturated heterocycles. The van der Waals surface area contributed by atoms with E-state index in [1.807, 2.05) is 66.7 Å². The maximum absolute atomic E-state index is 13.9. The van der Waals surface area contributed by atoms with Crippen LogP contribution in [0.4, 0.5) is 0 Å². The summed E-state index contributed by atoms with van der Waals surface area (Å²) in [4.78, 5) is 35.1. The maximum Gasteiger partial charge on any atom is 0.262 e. The van der Waals surface area contributed by atoms with E-state index in [9.17, 15) is 14.7 Å². The molecule has 0 fully saturated rings. The van der Waals surface area contributed by atoms with Gasteiger partial charge in [0.1, 0.15) is 5.25 Å². The van der Waals surface area contributed by atoms with Crippen LogP contribution in [0.15, 0.2) is 95.0 Å². The third-order valence-corrected chi connectivity index (χ3v) is 7.03. The smallest absolute Gasteiger partial charge is 0.262 e. The Morgan fingerprint density at radius 3 is 2.47 bits per heavy atom. The highest BCUT2D eigenvalue weighted by molar-refractivity contribution is 8.00. The van der Waals surface area contributed by atoms with Crippen molar-refractivity contribution in [3.05, 3.63) is 107 Å². The fourth-order valence-corrected chi connectivity index (χ4v) is 5.28. The Morgan fingerprint density at radius 2 is 1.68 bits per heavy atom. The number of carbonyl (C=O) groups excluding carboxylic acids is 1. The number of nitrogens with one attached hydrogen (secondary N) is 1. The zero-order valence-electron chi connectivity index (χ0n) is 18.3. The number of nitrogens with zero attached hydrogens (tertiary/aromatic N) is 2. The normalized spacial score (nSPS) is 12.3. The van der Waals surface area contributed by atoms with E-state index in [1.54, 1.807) is 22.9 Å². The second kappa shape index (κ2) is 9.67. The monoisotopic (exact) mass is 469 g/mol. The molecule has 0 bridgehead atoms. The van der Waals surface area contributed by atoms with Gasteiger partial charge in [-0.15, -0.1) is 0 Å². The lowest BCUT2D eigenvalue weighted by Crippen LogP contribution is -2.25. The van der Waals surface area contributed by atoms with Crippen molar-refractivity contribution in [3.63, 3.8) is 0 Å². The predicted octanol–water partition coefficient (Wildman–Crippen LogP) is 4.98. The largest absolute Gasteiger partial charge is 0.396 e. The van der Waals surface area contributed by atoms with Crippen LogP contribution in [-0.4, -0.2) is 32.0 Å². The Morgan fingerprint density at radius 1 is 0.971 bits per heavy atom. The van der Waals surface area contributed by atoms with Crippen molar-refractivity contribution in [1.82, 2.24) is 14.5 Å². The maximum atomic E-state index is 13.9. The lowest BCUT2D eigenvalue weighted by molar-refractivity contribution is 0.0991. The Kier molecular flexibility index (Phi) is 6.29. The molecule has 7 heteroatoms. The van der Waals surface area contributed by atoms with Crippen molar-refractivity contribution in [2.75, 3.05) is 6.61 Å². The molecule has 34 heavy (non-hydrogen) atoms. The van der Waals surface area contributed by atoms with E-state index in [1.165, 1.54) is 11.8 Å². The molecule has 6 nitrogen and oxygen atoms in total. The lowest BCUT2D eigenvalue weighted by atomic mass is 10.0. The number of fused-ring (bicyclic) bond motifs is 2. The van der Waals surface area contributed by atoms with Gasteiger partial charge in [0.15, 0.2) is 10.9 Å². The highest BCUT2D eigenvalue weighted by Crippen LogP contribution is 2.38. The highest BCUT2D eigenvalue weighted by atomic mass is 32.2. The van der Waals surface area contributed by atoms with Gasteiger partial charge in [0.2, 0.25) is 0 Å². The van der Waals surface area contributed by atoms with E-state index in [0.717, 1.165) is 16.5 Å². The van der Waals surface area contributed by atoms with E-state index in [-0.39, 0.29) is 17.9 Å². The van der Waals surface area contributed by atoms with Crippen molar-refractivity contribution >= 4 is 39.4 Å². The molecule has 3 aromatic carbocycles. The van der Waals surface area contributed by atoms with E-state index in [2.05, 4.69) is 4.98 Å². The molecule has 0 radical (unpaired) electrons. The molecule has 2 aromatic heterocycles. The molecule has 0 aliphatic rings. The first-order chi connectivity index (χ1) is 16.7. The summed E-state index contributed by atoms with van der Waals surface area (Å²) in [6.45, 7) is 0.276. The van der Waals surface area contributed by atoms with Gasteiger partial charge in [0.25, 0.3) is 5.56 Å². The third-order valence-electron chi connectivity index (χ3n) is 5.78. The number of hydrogen-bond donors (Lipinski definition) is 2. The number of para-hydroxylation sites is 2. The second-order valence-electron chi connectivity index (χ2n) is 7.97. The summed E-state index contributed by atoms with van der Waals surface area (Å²) in [5, 5.41) is 10.6. The van der Waals surface area contributed by atoms with E-state index in [4.69, 9.17) is 4.98 Å². The molecular formula is C27H23N3O3S. The molecule has 0 saturated carbocycles. The van der Waals surface area contributed by atoms with E-state index in [0.29, 0.717) is 34.6 Å². The molecule has 2 N–H and O–H groups in total. The summed E-state index contributed by atoms with van der Waals surface area (Å²) in [7, 11) is 0. The minimum absolute atomic E-state index is 0.0419. The summed E-state index contributed by atoms with van der Waals surface area (Å²) in [5.74, 6) is -0.0650. The van der Waals surface area contributed by atoms with Crippen LogP contribution in [0.25, 0.3) is 21.8 Å². The van der Waals surface area contributed by atoms with Crippen molar-refractivity contribution in [2.45, 2.75) is 23.4 Å². The van der Waals surface area contributed by atoms with Crippen molar-refractivity contribution in [2.24, 2.45) is 0 Å². The Labute approximate surface area is 200 Å². The lowest BCUT2D eigenvalue weighted by Gasteiger charge is -2.19. The van der Waals surface area contributed by atoms with Gasteiger partial charge in [-0.3, -0.25) is 14.2 Å². The minimum Gasteiger partial charge on any atom is -0.396 e. The average Bonchev–Trinajstić information content (AvgIpc) is 3.31. The van der Waals surface area contributed by atoms with Gasteiger partial charge in [-0.05, 0) is 30.2 Å². The molecule has 0 amide bonds. The first-order valence-corrected chi connectivity index (χ1v) is 12.0. The van der Waals surface area contributed by atoms with Gasteiger partial charge in [-0.2, -0.15) is 0 Å². The number of thioether (sulfide) groups is 1. The molecule has 0 spiro atoms. The average molecular weight is 470 g/mol. The molecule has 0 aliphatic carbocycles. The number of Topliss-reactive ketones (excluding diaryl/α,β-unsaturated/α-hetero) is 1. The van der Waals surface area contributed by atoms with Crippen LogP contribution < -0.4 is 5.56 Å². The summed E-state index contributed by atoms with van der Waals surface area (Å²) in [6.07, 6.45) is 2.16. The number of carbonyl (C=O) groups is 1. The van der Waals surface area contributed by atoms with Crippen molar-refractivity contribution in [1.29, 1.82) is 0 Å².